The Kier molecular flexibility index (Phi) is 6.47. The van der Waals surface area contributed by atoms with Crippen LogP contribution in [0.1, 0.15) is 50.8 Å². The molecule has 1 N–H and O–H groups in total. The third kappa shape index (κ3) is 3.85. The number of Topliss-reactive ketones (excluding diaryl/α,β-unsaturated/α-hetero) is 2. The lowest BCUT2D eigenvalue weighted by Crippen LogP contribution is -2.51. The van der Waals surface area contributed by atoms with Crippen LogP contribution in [0.3, 0.4) is 0 Å². The van der Waals surface area contributed by atoms with Gasteiger partial charge in [0, 0.05) is 27.0 Å². The average Bonchev–Trinajstić information content (AvgIpc) is 3.50. The maximum atomic E-state index is 14.9. The Morgan fingerprint density at radius 2 is 1.52 bits per heavy atom. The zero-order valence-electron chi connectivity index (χ0n) is 23.1. The van der Waals surface area contributed by atoms with E-state index in [0.717, 1.165) is 39.7 Å². The number of rotatable bonds is 6. The summed E-state index contributed by atoms with van der Waals surface area (Å²) in [5.74, 6) is -1.63. The minimum atomic E-state index is -1.31. The van der Waals surface area contributed by atoms with Crippen LogP contribution in [-0.2, 0) is 16.6 Å². The molecule has 4 aromatic rings. The predicted octanol–water partition coefficient (Wildman–Crippen LogP) is 7.26. The Morgan fingerprint density at radius 3 is 2.29 bits per heavy atom. The molecule has 0 aliphatic carbocycles. The lowest BCUT2D eigenvalue weighted by atomic mass is 9.64. The van der Waals surface area contributed by atoms with Crippen LogP contribution < -0.4 is 10.2 Å². The smallest absolute Gasteiger partial charge is 0.238 e. The number of carbonyl (C=O) groups is 3. The average molecular weight is 618 g/mol. The van der Waals surface area contributed by atoms with Crippen molar-refractivity contribution in [3.8, 4) is 0 Å². The summed E-state index contributed by atoms with van der Waals surface area (Å²) in [6.45, 7) is 2.12. The Morgan fingerprint density at radius 1 is 0.857 bits per heavy atom. The molecule has 4 aromatic carbocycles. The van der Waals surface area contributed by atoms with Crippen molar-refractivity contribution in [3.05, 3.63) is 135 Å². The van der Waals surface area contributed by atoms with Crippen LogP contribution in [0.25, 0.3) is 6.08 Å². The number of nitrogens with zero attached hydrogens (tertiary/aromatic N) is 1. The molecular weight excluding hydrogens is 588 g/mol. The molecule has 208 valence electrons. The van der Waals surface area contributed by atoms with Crippen LogP contribution in [0.5, 0.6) is 0 Å². The minimum absolute atomic E-state index is 0.187. The highest BCUT2D eigenvalue weighted by molar-refractivity contribution is 9.10. The number of amides is 1. The van der Waals surface area contributed by atoms with Crippen molar-refractivity contribution in [1.82, 2.24) is 0 Å². The third-order valence-electron chi connectivity index (χ3n) is 9.00. The molecule has 3 aliphatic heterocycles. The van der Waals surface area contributed by atoms with Crippen LogP contribution in [-0.4, -0.2) is 29.6 Å². The molecule has 6 heteroatoms. The minimum Gasteiger partial charge on any atom is -0.352 e. The molecule has 1 spiro atoms. The first-order valence-electron chi connectivity index (χ1n) is 14.3. The molecule has 0 aromatic heterocycles. The number of hydrogen-bond donors (Lipinski definition) is 1. The molecule has 0 unspecified atom stereocenters. The van der Waals surface area contributed by atoms with E-state index in [1.165, 1.54) is 0 Å². The highest BCUT2D eigenvalue weighted by Crippen LogP contribution is 2.58. The largest absolute Gasteiger partial charge is 0.352 e. The van der Waals surface area contributed by atoms with Crippen molar-refractivity contribution in [2.24, 2.45) is 5.92 Å². The number of anilines is 2. The van der Waals surface area contributed by atoms with Gasteiger partial charge in [0.25, 0.3) is 0 Å². The molecule has 3 aliphatic rings. The van der Waals surface area contributed by atoms with E-state index in [1.54, 1.807) is 12.1 Å². The number of aryl methyl sites for hydroxylation is 1. The highest BCUT2D eigenvalue weighted by Gasteiger charge is 2.70. The van der Waals surface area contributed by atoms with Gasteiger partial charge in [-0.25, -0.2) is 0 Å². The van der Waals surface area contributed by atoms with Gasteiger partial charge >= 0.3 is 0 Å². The summed E-state index contributed by atoms with van der Waals surface area (Å²) in [4.78, 5) is 46.1. The van der Waals surface area contributed by atoms with E-state index in [2.05, 4.69) is 28.2 Å². The number of nitrogens with one attached hydrogen (secondary N) is 1. The molecule has 0 saturated carbocycles. The number of benzene rings is 4. The summed E-state index contributed by atoms with van der Waals surface area (Å²) in [6, 6.07) is 28.9. The number of para-hydroxylation sites is 2. The topological polar surface area (TPSA) is 66.5 Å². The molecule has 1 fully saturated rings. The Labute approximate surface area is 253 Å². The molecule has 5 nitrogen and oxygen atoms in total. The van der Waals surface area contributed by atoms with E-state index in [-0.39, 0.29) is 17.5 Å². The molecule has 42 heavy (non-hydrogen) atoms. The zero-order valence-corrected chi connectivity index (χ0v) is 24.7. The van der Waals surface area contributed by atoms with Gasteiger partial charge in [-0.1, -0.05) is 114 Å². The predicted molar refractivity (Wildman–Crippen MR) is 169 cm³/mol. The molecule has 7 rings (SSSR count). The lowest BCUT2D eigenvalue weighted by Gasteiger charge is -2.37. The number of halogens is 1. The standard InChI is InChI=1S/C36H29BrN2O3/c1-2-7-22-12-14-24(15-13-22)33(40)31-32(34(41)25-16-19-26(37)20-17-25)39-29-11-6-3-8-23(29)18-21-30(39)36(31)27-9-4-5-10-28(27)38-35(36)42/h3-6,8-21,30-32H,2,7H2,1H3,(H,38,42)/t30-,31+,32-,36+/m1/s1. The van der Waals surface area contributed by atoms with Gasteiger partial charge < -0.3 is 10.2 Å². The Balaban J connectivity index is 1.49. The maximum Gasteiger partial charge on any atom is 0.238 e. The van der Waals surface area contributed by atoms with Crippen LogP contribution in [0.2, 0.25) is 0 Å². The number of carbonyl (C=O) groups excluding carboxylic acids is 3. The van der Waals surface area contributed by atoms with Gasteiger partial charge in [0.2, 0.25) is 5.91 Å². The Hall–Kier alpha value is -4.29. The monoisotopic (exact) mass is 616 g/mol. The van der Waals surface area contributed by atoms with Crippen molar-refractivity contribution < 1.29 is 14.4 Å². The number of ketones is 2. The van der Waals surface area contributed by atoms with E-state index in [1.807, 2.05) is 102 Å². The van der Waals surface area contributed by atoms with Crippen molar-refractivity contribution >= 4 is 50.9 Å². The van der Waals surface area contributed by atoms with Crippen molar-refractivity contribution in [2.45, 2.75) is 37.3 Å². The molecule has 4 atom stereocenters. The summed E-state index contributed by atoms with van der Waals surface area (Å²) in [7, 11) is 0. The molecule has 1 saturated heterocycles. The highest BCUT2D eigenvalue weighted by atomic mass is 79.9. The Bertz CT molecular complexity index is 1760. The van der Waals surface area contributed by atoms with Crippen molar-refractivity contribution in [3.63, 3.8) is 0 Å². The van der Waals surface area contributed by atoms with E-state index in [9.17, 15) is 14.4 Å². The van der Waals surface area contributed by atoms with Gasteiger partial charge in [0.05, 0.1) is 12.0 Å². The van der Waals surface area contributed by atoms with Gasteiger partial charge in [-0.15, -0.1) is 0 Å². The quantitative estimate of drug-likeness (QED) is 0.232. The molecular formula is C36H29BrN2O3. The fourth-order valence-electron chi connectivity index (χ4n) is 7.21. The molecule has 3 heterocycles. The van der Waals surface area contributed by atoms with Crippen molar-refractivity contribution in [2.75, 3.05) is 10.2 Å². The van der Waals surface area contributed by atoms with Gasteiger partial charge in [-0.05, 0) is 47.4 Å². The lowest BCUT2D eigenvalue weighted by molar-refractivity contribution is -0.121. The van der Waals surface area contributed by atoms with Crippen LogP contribution >= 0.6 is 15.9 Å². The fourth-order valence-corrected chi connectivity index (χ4v) is 7.47. The first-order chi connectivity index (χ1) is 20.4. The summed E-state index contributed by atoms with van der Waals surface area (Å²) < 4.78 is 0.856. The molecule has 1 amide bonds. The summed E-state index contributed by atoms with van der Waals surface area (Å²) in [5, 5.41) is 3.09. The molecule has 0 bridgehead atoms. The van der Waals surface area contributed by atoms with Gasteiger partial charge in [0.1, 0.15) is 11.5 Å². The second kappa shape index (κ2) is 10.2. The van der Waals surface area contributed by atoms with Crippen molar-refractivity contribution in [1.29, 1.82) is 0 Å². The molecule has 0 radical (unpaired) electrons. The SMILES string of the molecule is CCCc1ccc(C(=O)[C@@H]2[C@H](C(=O)c3ccc(Br)cc3)N3c4ccccc4C=C[C@@H]3[C@]23C(=O)Nc2ccccc23)cc1. The van der Waals surface area contributed by atoms with E-state index >= 15 is 0 Å². The van der Waals surface area contributed by atoms with E-state index in [0.29, 0.717) is 16.8 Å². The third-order valence-corrected chi connectivity index (χ3v) is 9.53. The zero-order chi connectivity index (χ0) is 29.0. The van der Waals surface area contributed by atoms with E-state index in [4.69, 9.17) is 0 Å². The van der Waals surface area contributed by atoms with Crippen LogP contribution in [0.15, 0.2) is 108 Å². The summed E-state index contributed by atoms with van der Waals surface area (Å²) >= 11 is 3.47. The van der Waals surface area contributed by atoms with Gasteiger partial charge in [-0.2, -0.15) is 0 Å². The first kappa shape index (κ1) is 26.6. The van der Waals surface area contributed by atoms with Gasteiger partial charge in [-0.3, -0.25) is 14.4 Å². The van der Waals surface area contributed by atoms with Crippen LogP contribution in [0.4, 0.5) is 11.4 Å². The second-order valence-electron chi connectivity index (χ2n) is 11.2. The van der Waals surface area contributed by atoms with Crippen LogP contribution in [0, 0.1) is 5.92 Å². The first-order valence-corrected chi connectivity index (χ1v) is 15.1. The second-order valence-corrected chi connectivity index (χ2v) is 12.2. The van der Waals surface area contributed by atoms with Gasteiger partial charge in [0.15, 0.2) is 11.6 Å². The normalized spacial score (nSPS) is 23.3. The summed E-state index contributed by atoms with van der Waals surface area (Å²) in [5.41, 5.74) is 4.05. The van der Waals surface area contributed by atoms with E-state index < -0.39 is 23.4 Å². The fraction of sp³-hybridized carbons (Fsp3) is 0.194. The number of hydrogen-bond acceptors (Lipinski definition) is 4. The number of fused-ring (bicyclic) bond motifs is 6. The maximum absolute atomic E-state index is 14.9. The summed E-state index contributed by atoms with van der Waals surface area (Å²) in [6.07, 6.45) is 5.94.